The standard InChI is InChI=1S/C14H28F3N3/c1-5-18-12(20-11-9-14(15,16)17)19-10-7-6-8-13(2,3)4/h5-11H2,1-4H3,(H2,18,19,20). The Kier molecular flexibility index (Phi) is 8.65. The van der Waals surface area contributed by atoms with Gasteiger partial charge in [0.1, 0.15) is 0 Å². The van der Waals surface area contributed by atoms with Gasteiger partial charge in [-0.05, 0) is 25.2 Å². The van der Waals surface area contributed by atoms with E-state index < -0.39 is 12.6 Å². The minimum atomic E-state index is -4.13. The summed E-state index contributed by atoms with van der Waals surface area (Å²) in [5, 5.41) is 5.65. The molecule has 0 fully saturated rings. The van der Waals surface area contributed by atoms with Crippen LogP contribution in [-0.4, -0.2) is 31.8 Å². The van der Waals surface area contributed by atoms with Crippen molar-refractivity contribution in [3.05, 3.63) is 0 Å². The number of hydrogen-bond donors (Lipinski definition) is 2. The van der Waals surface area contributed by atoms with Crippen LogP contribution < -0.4 is 10.6 Å². The molecule has 0 amide bonds. The summed E-state index contributed by atoms with van der Waals surface area (Å²) in [7, 11) is 0. The lowest BCUT2D eigenvalue weighted by Crippen LogP contribution is -2.39. The van der Waals surface area contributed by atoms with Gasteiger partial charge in [0.25, 0.3) is 0 Å². The summed E-state index contributed by atoms with van der Waals surface area (Å²) in [6.07, 6.45) is -1.82. The molecule has 0 saturated heterocycles. The van der Waals surface area contributed by atoms with E-state index in [4.69, 9.17) is 0 Å². The number of hydrogen-bond acceptors (Lipinski definition) is 1. The van der Waals surface area contributed by atoms with Crippen LogP contribution in [0.5, 0.6) is 0 Å². The van der Waals surface area contributed by atoms with E-state index in [1.807, 2.05) is 6.92 Å². The molecule has 0 heterocycles. The molecule has 0 rings (SSSR count). The Morgan fingerprint density at radius 3 is 2.15 bits per heavy atom. The van der Waals surface area contributed by atoms with E-state index in [1.54, 1.807) is 0 Å². The number of nitrogens with zero attached hydrogens (tertiary/aromatic N) is 1. The molecule has 0 bridgehead atoms. The number of nitrogens with one attached hydrogen (secondary N) is 2. The van der Waals surface area contributed by atoms with Crippen molar-refractivity contribution in [2.45, 2.75) is 59.6 Å². The third-order valence-electron chi connectivity index (χ3n) is 2.65. The summed E-state index contributed by atoms with van der Waals surface area (Å²) < 4.78 is 36.2. The third-order valence-corrected chi connectivity index (χ3v) is 2.65. The Morgan fingerprint density at radius 1 is 1.00 bits per heavy atom. The molecule has 6 heteroatoms. The summed E-state index contributed by atoms with van der Waals surface area (Å²) in [6, 6.07) is 0. The normalized spacial score (nSPS) is 13.4. The lowest BCUT2D eigenvalue weighted by Gasteiger charge is -2.17. The molecule has 0 aliphatic heterocycles. The van der Waals surface area contributed by atoms with Gasteiger partial charge >= 0.3 is 6.18 Å². The van der Waals surface area contributed by atoms with Gasteiger partial charge in [-0.25, -0.2) is 0 Å². The largest absolute Gasteiger partial charge is 0.390 e. The summed E-state index contributed by atoms with van der Waals surface area (Å²) in [6.45, 7) is 9.60. The highest BCUT2D eigenvalue weighted by Gasteiger charge is 2.26. The Morgan fingerprint density at radius 2 is 1.65 bits per heavy atom. The van der Waals surface area contributed by atoms with Crippen LogP contribution in [0.3, 0.4) is 0 Å². The van der Waals surface area contributed by atoms with Gasteiger partial charge in [0.05, 0.1) is 6.42 Å². The van der Waals surface area contributed by atoms with Crippen molar-refractivity contribution in [2.75, 3.05) is 19.6 Å². The van der Waals surface area contributed by atoms with Gasteiger partial charge in [-0.3, -0.25) is 4.99 Å². The molecule has 0 aromatic carbocycles. The molecular weight excluding hydrogens is 267 g/mol. The zero-order valence-electron chi connectivity index (χ0n) is 13.0. The quantitative estimate of drug-likeness (QED) is 0.427. The van der Waals surface area contributed by atoms with E-state index in [9.17, 15) is 13.2 Å². The summed E-state index contributed by atoms with van der Waals surface area (Å²) in [5.41, 5.74) is 0.319. The van der Waals surface area contributed by atoms with Crippen molar-refractivity contribution in [3.63, 3.8) is 0 Å². The summed E-state index contributed by atoms with van der Waals surface area (Å²) in [4.78, 5) is 4.28. The molecule has 120 valence electrons. The van der Waals surface area contributed by atoms with Crippen LogP contribution in [0.4, 0.5) is 13.2 Å². The van der Waals surface area contributed by atoms with Crippen molar-refractivity contribution in [1.82, 2.24) is 10.6 Å². The fraction of sp³-hybridized carbons (Fsp3) is 0.929. The van der Waals surface area contributed by atoms with Crippen LogP contribution in [0.1, 0.15) is 53.4 Å². The molecule has 0 unspecified atom stereocenters. The van der Waals surface area contributed by atoms with E-state index in [0.717, 1.165) is 19.3 Å². The molecule has 0 radical (unpaired) electrons. The van der Waals surface area contributed by atoms with Gasteiger partial charge in [0.15, 0.2) is 5.96 Å². The van der Waals surface area contributed by atoms with Crippen LogP contribution in [-0.2, 0) is 0 Å². The van der Waals surface area contributed by atoms with Crippen LogP contribution in [0.15, 0.2) is 4.99 Å². The van der Waals surface area contributed by atoms with Gasteiger partial charge in [-0.2, -0.15) is 13.2 Å². The average Bonchev–Trinajstić information content (AvgIpc) is 2.25. The van der Waals surface area contributed by atoms with Crippen molar-refractivity contribution >= 4 is 5.96 Å². The molecule has 0 aliphatic rings. The SMILES string of the molecule is CCNC(=NCCCCC(C)(C)C)NCCC(F)(F)F. The topological polar surface area (TPSA) is 36.4 Å². The van der Waals surface area contributed by atoms with Crippen molar-refractivity contribution in [3.8, 4) is 0 Å². The average molecular weight is 295 g/mol. The Hall–Kier alpha value is -0.940. The summed E-state index contributed by atoms with van der Waals surface area (Å²) >= 11 is 0. The monoisotopic (exact) mass is 295 g/mol. The van der Waals surface area contributed by atoms with E-state index >= 15 is 0 Å². The predicted molar refractivity (Wildman–Crippen MR) is 78.0 cm³/mol. The maximum Gasteiger partial charge on any atom is 0.390 e. The number of halogens is 3. The molecule has 0 spiro atoms. The minimum Gasteiger partial charge on any atom is -0.357 e. The lowest BCUT2D eigenvalue weighted by molar-refractivity contribution is -0.132. The summed E-state index contributed by atoms with van der Waals surface area (Å²) in [5.74, 6) is 0.465. The Bertz CT molecular complexity index is 280. The second-order valence-corrected chi connectivity index (χ2v) is 6.07. The predicted octanol–water partition coefficient (Wildman–Crippen LogP) is 3.71. The van der Waals surface area contributed by atoms with E-state index in [2.05, 4.69) is 36.4 Å². The van der Waals surface area contributed by atoms with Gasteiger partial charge in [-0.15, -0.1) is 0 Å². The number of aliphatic imine (C=N–C) groups is 1. The van der Waals surface area contributed by atoms with Crippen molar-refractivity contribution < 1.29 is 13.2 Å². The number of alkyl halides is 3. The zero-order chi connectivity index (χ0) is 15.6. The molecule has 0 aromatic heterocycles. The highest BCUT2D eigenvalue weighted by molar-refractivity contribution is 5.79. The van der Waals surface area contributed by atoms with Crippen LogP contribution in [0.2, 0.25) is 0 Å². The van der Waals surface area contributed by atoms with Crippen molar-refractivity contribution in [1.29, 1.82) is 0 Å². The third kappa shape index (κ3) is 13.5. The lowest BCUT2D eigenvalue weighted by atomic mass is 9.90. The Balaban J connectivity index is 3.95. The van der Waals surface area contributed by atoms with Gasteiger partial charge < -0.3 is 10.6 Å². The number of rotatable bonds is 7. The fourth-order valence-electron chi connectivity index (χ4n) is 1.62. The highest BCUT2D eigenvalue weighted by atomic mass is 19.4. The minimum absolute atomic E-state index is 0.142. The zero-order valence-corrected chi connectivity index (χ0v) is 13.0. The number of unbranched alkanes of at least 4 members (excludes halogenated alkanes) is 1. The Labute approximate surface area is 120 Å². The van der Waals surface area contributed by atoms with Gasteiger partial charge in [0, 0.05) is 19.6 Å². The highest BCUT2D eigenvalue weighted by Crippen LogP contribution is 2.21. The molecule has 20 heavy (non-hydrogen) atoms. The first-order valence-electron chi connectivity index (χ1n) is 7.23. The molecule has 0 atom stereocenters. The first-order valence-corrected chi connectivity index (χ1v) is 7.23. The van der Waals surface area contributed by atoms with Crippen molar-refractivity contribution in [2.24, 2.45) is 10.4 Å². The molecular formula is C14H28F3N3. The molecule has 0 saturated carbocycles. The van der Waals surface area contributed by atoms with Gasteiger partial charge in [-0.1, -0.05) is 27.2 Å². The molecule has 0 aromatic rings. The molecule has 0 aliphatic carbocycles. The number of guanidine groups is 1. The van der Waals surface area contributed by atoms with E-state index in [0.29, 0.717) is 24.5 Å². The van der Waals surface area contributed by atoms with Gasteiger partial charge in [0.2, 0.25) is 0 Å². The van der Waals surface area contributed by atoms with E-state index in [1.165, 1.54) is 0 Å². The molecule has 3 nitrogen and oxygen atoms in total. The maximum atomic E-state index is 12.1. The smallest absolute Gasteiger partial charge is 0.357 e. The first-order chi connectivity index (χ1) is 9.14. The maximum absolute atomic E-state index is 12.1. The van der Waals surface area contributed by atoms with Crippen LogP contribution in [0.25, 0.3) is 0 Å². The van der Waals surface area contributed by atoms with Crippen LogP contribution >= 0.6 is 0 Å². The van der Waals surface area contributed by atoms with Crippen LogP contribution in [0, 0.1) is 5.41 Å². The second-order valence-electron chi connectivity index (χ2n) is 6.07. The second kappa shape index (κ2) is 9.08. The first kappa shape index (κ1) is 19.1. The fourth-order valence-corrected chi connectivity index (χ4v) is 1.62. The van der Waals surface area contributed by atoms with E-state index in [-0.39, 0.29) is 6.54 Å². The molecule has 2 N–H and O–H groups in total.